The molecule has 1 heterocycles. The Kier molecular flexibility index (Phi) is 6.65. The Balaban J connectivity index is 1.99. The Hall–Kier alpha value is -2.77. The summed E-state index contributed by atoms with van der Waals surface area (Å²) in [4.78, 5) is 23.7. The highest BCUT2D eigenvalue weighted by molar-refractivity contribution is 5.89. The summed E-state index contributed by atoms with van der Waals surface area (Å²) in [5.41, 5.74) is -0.645. The van der Waals surface area contributed by atoms with Crippen molar-refractivity contribution in [2.24, 2.45) is 0 Å². The highest BCUT2D eigenvalue weighted by Crippen LogP contribution is 2.32. The standard InChI is InChI=1S/C19H20F3NO4/c1-3-5-12(2)23-17(24)11-26-18(25)16-9-8-15(27-16)13-6-4-7-14(10-13)19(20,21)22/h4,6-10,12H,3,5,11H2,1-2H3,(H,23,24)/t12-/m1/s1. The van der Waals surface area contributed by atoms with Crippen molar-refractivity contribution in [3.8, 4) is 11.3 Å². The first-order valence-electron chi connectivity index (χ1n) is 8.44. The average Bonchev–Trinajstić information content (AvgIpc) is 3.09. The third-order valence-corrected chi connectivity index (χ3v) is 3.75. The number of furan rings is 1. The van der Waals surface area contributed by atoms with E-state index in [9.17, 15) is 22.8 Å². The van der Waals surface area contributed by atoms with E-state index in [2.05, 4.69) is 5.32 Å². The van der Waals surface area contributed by atoms with Crippen LogP contribution >= 0.6 is 0 Å². The molecule has 0 aliphatic carbocycles. The molecule has 0 radical (unpaired) electrons. The zero-order valence-corrected chi connectivity index (χ0v) is 14.9. The Labute approximate surface area is 154 Å². The lowest BCUT2D eigenvalue weighted by molar-refractivity contribution is -0.137. The topological polar surface area (TPSA) is 68.5 Å². The Bertz CT molecular complexity index is 798. The van der Waals surface area contributed by atoms with Crippen molar-refractivity contribution < 1.29 is 31.9 Å². The number of hydrogen-bond donors (Lipinski definition) is 1. The maximum absolute atomic E-state index is 12.8. The number of amides is 1. The van der Waals surface area contributed by atoms with Gasteiger partial charge in [0.25, 0.3) is 5.91 Å². The predicted octanol–water partition coefficient (Wildman–Crippen LogP) is 4.43. The third-order valence-electron chi connectivity index (χ3n) is 3.75. The molecular formula is C19H20F3NO4. The van der Waals surface area contributed by atoms with Crippen LogP contribution in [0.5, 0.6) is 0 Å². The molecule has 1 atom stereocenters. The molecule has 27 heavy (non-hydrogen) atoms. The van der Waals surface area contributed by atoms with Gasteiger partial charge in [0, 0.05) is 11.6 Å². The van der Waals surface area contributed by atoms with E-state index in [0.717, 1.165) is 25.0 Å². The van der Waals surface area contributed by atoms with E-state index in [-0.39, 0.29) is 23.1 Å². The maximum Gasteiger partial charge on any atom is 0.416 e. The number of nitrogens with one attached hydrogen (secondary N) is 1. The molecule has 2 rings (SSSR count). The molecule has 0 aliphatic heterocycles. The summed E-state index contributed by atoms with van der Waals surface area (Å²) in [7, 11) is 0. The lowest BCUT2D eigenvalue weighted by atomic mass is 10.1. The van der Waals surface area contributed by atoms with Gasteiger partial charge in [-0.3, -0.25) is 4.79 Å². The highest BCUT2D eigenvalue weighted by Gasteiger charge is 2.30. The first kappa shape index (κ1) is 20.5. The van der Waals surface area contributed by atoms with Gasteiger partial charge in [0.15, 0.2) is 6.61 Å². The second-order valence-electron chi connectivity index (χ2n) is 6.08. The van der Waals surface area contributed by atoms with Crippen LogP contribution in [-0.4, -0.2) is 24.5 Å². The van der Waals surface area contributed by atoms with Crippen LogP contribution in [0.15, 0.2) is 40.8 Å². The minimum absolute atomic E-state index is 0.0303. The fourth-order valence-corrected chi connectivity index (χ4v) is 2.48. The van der Waals surface area contributed by atoms with Crippen LogP contribution in [0.4, 0.5) is 13.2 Å². The predicted molar refractivity (Wildman–Crippen MR) is 91.9 cm³/mol. The monoisotopic (exact) mass is 383 g/mol. The van der Waals surface area contributed by atoms with E-state index in [1.165, 1.54) is 24.3 Å². The van der Waals surface area contributed by atoms with Crippen molar-refractivity contribution in [1.29, 1.82) is 0 Å². The molecule has 0 saturated heterocycles. The minimum atomic E-state index is -4.48. The van der Waals surface area contributed by atoms with Crippen molar-refractivity contribution >= 4 is 11.9 Å². The van der Waals surface area contributed by atoms with E-state index in [4.69, 9.17) is 9.15 Å². The number of esters is 1. The third kappa shape index (κ3) is 5.87. The zero-order valence-electron chi connectivity index (χ0n) is 14.9. The highest BCUT2D eigenvalue weighted by atomic mass is 19.4. The van der Waals surface area contributed by atoms with Gasteiger partial charge >= 0.3 is 12.1 Å². The molecule has 1 aromatic heterocycles. The Morgan fingerprint density at radius 2 is 1.96 bits per heavy atom. The number of carbonyl (C=O) groups is 2. The fraction of sp³-hybridized carbons (Fsp3) is 0.368. The van der Waals surface area contributed by atoms with Crippen molar-refractivity contribution in [3.63, 3.8) is 0 Å². The molecule has 1 N–H and O–H groups in total. The molecule has 0 bridgehead atoms. The van der Waals surface area contributed by atoms with Gasteiger partial charge in [-0.2, -0.15) is 13.2 Å². The van der Waals surface area contributed by atoms with Crippen LogP contribution in [0, 0.1) is 0 Å². The largest absolute Gasteiger partial charge is 0.450 e. The summed E-state index contributed by atoms with van der Waals surface area (Å²) in [5.74, 6) is -1.41. The molecule has 5 nitrogen and oxygen atoms in total. The first-order chi connectivity index (χ1) is 12.7. The molecule has 1 aromatic carbocycles. The number of alkyl halides is 3. The van der Waals surface area contributed by atoms with Crippen LogP contribution < -0.4 is 5.32 Å². The molecule has 0 fully saturated rings. The molecular weight excluding hydrogens is 363 g/mol. The molecule has 0 saturated carbocycles. The summed E-state index contributed by atoms with van der Waals surface area (Å²) in [6, 6.07) is 7.19. The Morgan fingerprint density at radius 3 is 2.63 bits per heavy atom. The maximum atomic E-state index is 12.8. The van der Waals surface area contributed by atoms with Crippen LogP contribution in [0.1, 0.15) is 42.8 Å². The summed E-state index contributed by atoms with van der Waals surface area (Å²) < 4.78 is 48.5. The van der Waals surface area contributed by atoms with E-state index >= 15 is 0 Å². The molecule has 146 valence electrons. The van der Waals surface area contributed by atoms with Gasteiger partial charge in [-0.15, -0.1) is 0 Å². The van der Waals surface area contributed by atoms with Gasteiger partial charge in [0.2, 0.25) is 5.76 Å². The van der Waals surface area contributed by atoms with Crippen molar-refractivity contribution in [1.82, 2.24) is 5.32 Å². The van der Waals surface area contributed by atoms with Gasteiger partial charge in [-0.25, -0.2) is 4.79 Å². The lowest BCUT2D eigenvalue weighted by Crippen LogP contribution is -2.35. The fourth-order valence-electron chi connectivity index (χ4n) is 2.48. The van der Waals surface area contributed by atoms with Crippen molar-refractivity contribution in [3.05, 3.63) is 47.7 Å². The SMILES string of the molecule is CCC[C@@H](C)NC(=O)COC(=O)c1ccc(-c2cccc(C(F)(F)F)c2)o1. The summed E-state index contributed by atoms with van der Waals surface area (Å²) in [6.45, 7) is 3.37. The first-order valence-corrected chi connectivity index (χ1v) is 8.44. The van der Waals surface area contributed by atoms with Crippen molar-refractivity contribution in [2.45, 2.75) is 38.9 Å². The number of carbonyl (C=O) groups excluding carboxylic acids is 2. The van der Waals surface area contributed by atoms with Crippen LogP contribution in [0.3, 0.4) is 0 Å². The van der Waals surface area contributed by atoms with E-state index < -0.39 is 30.2 Å². The average molecular weight is 383 g/mol. The molecule has 2 aromatic rings. The minimum Gasteiger partial charge on any atom is -0.450 e. The number of rotatable bonds is 7. The van der Waals surface area contributed by atoms with Crippen molar-refractivity contribution in [2.75, 3.05) is 6.61 Å². The number of ether oxygens (including phenoxy) is 1. The second kappa shape index (κ2) is 8.75. The number of hydrogen-bond acceptors (Lipinski definition) is 4. The van der Waals surface area contributed by atoms with E-state index in [0.29, 0.717) is 0 Å². The summed E-state index contributed by atoms with van der Waals surface area (Å²) >= 11 is 0. The summed E-state index contributed by atoms with van der Waals surface area (Å²) in [5, 5.41) is 2.69. The van der Waals surface area contributed by atoms with Crippen LogP contribution in [-0.2, 0) is 15.7 Å². The molecule has 8 heteroatoms. The molecule has 0 unspecified atom stereocenters. The van der Waals surface area contributed by atoms with Gasteiger partial charge in [0.05, 0.1) is 5.56 Å². The van der Waals surface area contributed by atoms with Gasteiger partial charge in [-0.05, 0) is 37.6 Å². The van der Waals surface area contributed by atoms with E-state index in [1.807, 2.05) is 13.8 Å². The summed E-state index contributed by atoms with van der Waals surface area (Å²) in [6.07, 6.45) is -2.77. The normalized spacial score (nSPS) is 12.5. The molecule has 0 spiro atoms. The van der Waals surface area contributed by atoms with Gasteiger partial charge < -0.3 is 14.5 Å². The lowest BCUT2D eigenvalue weighted by Gasteiger charge is -2.12. The quantitative estimate of drug-likeness (QED) is 0.719. The Morgan fingerprint density at radius 1 is 1.22 bits per heavy atom. The van der Waals surface area contributed by atoms with E-state index in [1.54, 1.807) is 0 Å². The zero-order chi connectivity index (χ0) is 20.0. The van der Waals surface area contributed by atoms with Crippen LogP contribution in [0.2, 0.25) is 0 Å². The second-order valence-corrected chi connectivity index (χ2v) is 6.08. The van der Waals surface area contributed by atoms with Crippen LogP contribution in [0.25, 0.3) is 11.3 Å². The van der Waals surface area contributed by atoms with Gasteiger partial charge in [0.1, 0.15) is 5.76 Å². The number of halogens is 3. The molecule has 1 amide bonds. The van der Waals surface area contributed by atoms with Gasteiger partial charge in [-0.1, -0.05) is 25.5 Å². The smallest absolute Gasteiger partial charge is 0.416 e. The molecule has 0 aliphatic rings. The number of benzene rings is 1.